The van der Waals surface area contributed by atoms with Gasteiger partial charge in [0.25, 0.3) is 6.47 Å². The number of rotatable bonds is 7. The first-order chi connectivity index (χ1) is 16.8. The van der Waals surface area contributed by atoms with Crippen molar-refractivity contribution < 1.29 is 19.1 Å². The van der Waals surface area contributed by atoms with Crippen molar-refractivity contribution in [2.45, 2.75) is 64.8 Å². The first-order valence-electron chi connectivity index (χ1n) is 12.4. The van der Waals surface area contributed by atoms with Crippen LogP contribution in [-0.2, 0) is 14.3 Å². The number of carbonyl (C=O) groups excluding carboxylic acids is 2. The summed E-state index contributed by atoms with van der Waals surface area (Å²) in [6.45, 7) is 9.53. The highest BCUT2D eigenvalue weighted by Crippen LogP contribution is 2.60. The number of hydrogen-bond donors (Lipinski definition) is 1. The van der Waals surface area contributed by atoms with Crippen molar-refractivity contribution in [2.75, 3.05) is 13.2 Å². The highest BCUT2D eigenvalue weighted by Gasteiger charge is 2.59. The third kappa shape index (κ3) is 5.62. The molecule has 1 heterocycles. The van der Waals surface area contributed by atoms with Gasteiger partial charge in [0.05, 0.1) is 18.6 Å². The van der Waals surface area contributed by atoms with Gasteiger partial charge in [0.15, 0.2) is 0 Å². The van der Waals surface area contributed by atoms with E-state index in [1.807, 2.05) is 31.2 Å². The fraction of sp³-hybridized carbons (Fsp3) is 0.500. The van der Waals surface area contributed by atoms with Crippen molar-refractivity contribution >= 4 is 35.6 Å². The van der Waals surface area contributed by atoms with Crippen LogP contribution in [0.25, 0.3) is 0 Å². The second kappa shape index (κ2) is 12.1. The molecule has 2 aliphatic rings. The zero-order valence-corrected chi connectivity index (χ0v) is 22.4. The third-order valence-corrected chi connectivity index (χ3v) is 8.09. The summed E-state index contributed by atoms with van der Waals surface area (Å²) in [7, 11) is 0. The standard InChI is InChI=1S/C25H29Cl2NO2.C3H6O2/c1-4-25-13-12-20(19-11-10-18(30-5-2)14-21(19)27)22(16-6-8-17(26)9-7-16)23(25)15(3)28-24(25)29;1-2-5-3-4/h6-11,14-15,20,22-23H,4-5,12-13H2,1-3H3,(H,28,29);3H,2H2,1H3. The van der Waals surface area contributed by atoms with E-state index in [1.165, 1.54) is 5.56 Å². The zero-order chi connectivity index (χ0) is 25.6. The lowest BCUT2D eigenvalue weighted by molar-refractivity contribution is -0.131. The molecule has 2 aromatic rings. The molecule has 5 atom stereocenters. The number of fused-ring (bicyclic) bond motifs is 1. The molecule has 0 spiro atoms. The van der Waals surface area contributed by atoms with Crippen molar-refractivity contribution in [3.8, 4) is 5.75 Å². The Morgan fingerprint density at radius 2 is 1.80 bits per heavy atom. The van der Waals surface area contributed by atoms with Crippen LogP contribution in [0.2, 0.25) is 10.0 Å². The fourth-order valence-corrected chi connectivity index (χ4v) is 6.46. The predicted molar refractivity (Wildman–Crippen MR) is 140 cm³/mol. The van der Waals surface area contributed by atoms with Crippen molar-refractivity contribution in [3.05, 3.63) is 63.6 Å². The maximum Gasteiger partial charge on any atom is 0.293 e. The van der Waals surface area contributed by atoms with Crippen LogP contribution >= 0.6 is 23.2 Å². The molecule has 1 aliphatic heterocycles. The van der Waals surface area contributed by atoms with Crippen molar-refractivity contribution in [3.63, 3.8) is 0 Å². The molecule has 0 aromatic heterocycles. The van der Waals surface area contributed by atoms with Gasteiger partial charge in [-0.25, -0.2) is 0 Å². The first-order valence-corrected chi connectivity index (χ1v) is 13.1. The zero-order valence-electron chi connectivity index (χ0n) is 20.9. The van der Waals surface area contributed by atoms with E-state index in [1.54, 1.807) is 6.92 Å². The summed E-state index contributed by atoms with van der Waals surface area (Å²) < 4.78 is 9.79. The predicted octanol–water partition coefficient (Wildman–Crippen LogP) is 6.76. The van der Waals surface area contributed by atoms with E-state index in [2.05, 4.69) is 42.1 Å². The van der Waals surface area contributed by atoms with Crippen molar-refractivity contribution in [2.24, 2.45) is 11.3 Å². The summed E-state index contributed by atoms with van der Waals surface area (Å²) in [5.74, 6) is 1.61. The number of carbonyl (C=O) groups is 2. The Morgan fingerprint density at radius 3 is 2.34 bits per heavy atom. The smallest absolute Gasteiger partial charge is 0.293 e. The maximum absolute atomic E-state index is 13.1. The highest BCUT2D eigenvalue weighted by molar-refractivity contribution is 6.31. The number of ether oxygens (including phenoxy) is 2. The van der Waals surface area contributed by atoms with Gasteiger partial charge in [0.1, 0.15) is 5.75 Å². The topological polar surface area (TPSA) is 64.6 Å². The van der Waals surface area contributed by atoms with Crippen LogP contribution < -0.4 is 10.1 Å². The summed E-state index contributed by atoms with van der Waals surface area (Å²) in [6, 6.07) is 14.3. The van der Waals surface area contributed by atoms with Gasteiger partial charge in [-0.1, -0.05) is 48.3 Å². The van der Waals surface area contributed by atoms with Gasteiger partial charge >= 0.3 is 0 Å². The van der Waals surface area contributed by atoms with Crippen LogP contribution in [0.3, 0.4) is 0 Å². The number of nitrogens with one attached hydrogen (secondary N) is 1. The highest BCUT2D eigenvalue weighted by atomic mass is 35.5. The van der Waals surface area contributed by atoms with E-state index in [9.17, 15) is 9.59 Å². The van der Waals surface area contributed by atoms with Gasteiger partial charge in [-0.15, -0.1) is 0 Å². The fourth-order valence-electron chi connectivity index (χ4n) is 6.03. The lowest BCUT2D eigenvalue weighted by Gasteiger charge is -2.47. The molecule has 5 unspecified atom stereocenters. The lowest BCUT2D eigenvalue weighted by atomic mass is 9.54. The van der Waals surface area contributed by atoms with Crippen LogP contribution in [-0.4, -0.2) is 31.6 Å². The summed E-state index contributed by atoms with van der Waals surface area (Å²) in [4.78, 5) is 22.2. The molecular weight excluding hydrogens is 485 g/mol. The third-order valence-electron chi connectivity index (χ3n) is 7.51. The number of benzene rings is 2. The lowest BCUT2D eigenvalue weighted by Crippen LogP contribution is -2.43. The van der Waals surface area contributed by atoms with E-state index < -0.39 is 0 Å². The van der Waals surface area contributed by atoms with Crippen LogP contribution in [0.1, 0.15) is 69.9 Å². The van der Waals surface area contributed by atoms with E-state index in [0.29, 0.717) is 19.7 Å². The average molecular weight is 520 g/mol. The van der Waals surface area contributed by atoms with Crippen LogP contribution in [0.15, 0.2) is 42.5 Å². The van der Waals surface area contributed by atoms with E-state index in [-0.39, 0.29) is 35.1 Å². The minimum atomic E-state index is -0.321. The first kappa shape index (κ1) is 27.3. The van der Waals surface area contributed by atoms with Crippen molar-refractivity contribution in [1.82, 2.24) is 5.32 Å². The maximum atomic E-state index is 13.1. The van der Waals surface area contributed by atoms with Gasteiger partial charge < -0.3 is 14.8 Å². The van der Waals surface area contributed by atoms with Gasteiger partial charge in [0.2, 0.25) is 5.91 Å². The Hall–Kier alpha value is -2.24. The average Bonchev–Trinajstić information content (AvgIpc) is 3.10. The monoisotopic (exact) mass is 519 g/mol. The number of halogens is 2. The second-order valence-corrected chi connectivity index (χ2v) is 10.0. The van der Waals surface area contributed by atoms with E-state index in [0.717, 1.165) is 40.6 Å². The van der Waals surface area contributed by atoms with Crippen LogP contribution in [0, 0.1) is 11.3 Å². The van der Waals surface area contributed by atoms with Crippen molar-refractivity contribution in [1.29, 1.82) is 0 Å². The molecule has 4 rings (SSSR count). The Labute approximate surface area is 218 Å². The molecule has 190 valence electrons. The molecule has 1 saturated heterocycles. The molecule has 35 heavy (non-hydrogen) atoms. The molecule has 5 nitrogen and oxygen atoms in total. The Morgan fingerprint density at radius 1 is 1.09 bits per heavy atom. The summed E-state index contributed by atoms with van der Waals surface area (Å²) >= 11 is 13.0. The van der Waals surface area contributed by atoms with Gasteiger partial charge in [-0.2, -0.15) is 0 Å². The Balaban J connectivity index is 0.000000623. The molecule has 1 N–H and O–H groups in total. The number of hydrogen-bond acceptors (Lipinski definition) is 4. The normalized spacial score (nSPS) is 27.2. The minimum absolute atomic E-state index is 0.113. The minimum Gasteiger partial charge on any atom is -0.494 e. The quantitative estimate of drug-likeness (QED) is 0.410. The van der Waals surface area contributed by atoms with Gasteiger partial charge in [0, 0.05) is 22.0 Å². The van der Waals surface area contributed by atoms with Crippen LogP contribution in [0.4, 0.5) is 0 Å². The molecular formula is C28H35Cl2NO4. The number of amides is 1. The van der Waals surface area contributed by atoms with E-state index in [4.69, 9.17) is 27.9 Å². The van der Waals surface area contributed by atoms with Crippen LogP contribution in [0.5, 0.6) is 5.75 Å². The van der Waals surface area contributed by atoms with E-state index >= 15 is 0 Å². The van der Waals surface area contributed by atoms with Gasteiger partial charge in [-0.3, -0.25) is 9.59 Å². The molecule has 0 radical (unpaired) electrons. The molecule has 7 heteroatoms. The van der Waals surface area contributed by atoms with Gasteiger partial charge in [-0.05, 0) is 87.3 Å². The molecule has 1 aliphatic carbocycles. The Bertz CT molecular complexity index is 1010. The molecule has 2 fully saturated rings. The summed E-state index contributed by atoms with van der Waals surface area (Å²) in [5, 5.41) is 4.71. The molecule has 0 bridgehead atoms. The summed E-state index contributed by atoms with van der Waals surface area (Å²) in [5.41, 5.74) is 2.04. The SMILES string of the molecule is CCOC=O.CCOc1ccc(C2CCC3(CC)C(=O)NC(C)C3C2c2ccc(Cl)cc2)c(Cl)c1. The molecule has 1 saturated carbocycles. The Kier molecular flexibility index (Phi) is 9.48. The largest absolute Gasteiger partial charge is 0.494 e. The molecule has 2 aromatic carbocycles. The molecule has 1 amide bonds. The summed E-state index contributed by atoms with van der Waals surface area (Å²) in [6.07, 6.45) is 2.65. The second-order valence-electron chi connectivity index (χ2n) is 9.19.